The molecule has 0 aliphatic carbocycles. The number of hydrogen-bond acceptors (Lipinski definition) is 6. The fourth-order valence-electron chi connectivity index (χ4n) is 1.95. The Balaban J connectivity index is 2.62. The van der Waals surface area contributed by atoms with Crippen molar-refractivity contribution in [2.45, 2.75) is 57.3 Å². The minimum absolute atomic E-state index is 0.0370. The Morgan fingerprint density at radius 1 is 1.39 bits per heavy atom. The number of primary amides is 1. The SMILES string of the molecule is C[C@@H](O[Si](C)(C)C(C)(C)C)[C@H]1C(=O)N[C@@H]1SC(=O)COC(N)=O. The fraction of sp³-hybridized carbons (Fsp3) is 0.786. The zero-order valence-corrected chi connectivity index (χ0v) is 16.3. The predicted octanol–water partition coefficient (Wildman–Crippen LogP) is 1.82. The van der Waals surface area contributed by atoms with Crippen LogP contribution >= 0.6 is 11.8 Å². The molecule has 1 rings (SSSR count). The van der Waals surface area contributed by atoms with Gasteiger partial charge in [0.2, 0.25) is 11.0 Å². The van der Waals surface area contributed by atoms with Crippen molar-refractivity contribution < 1.29 is 23.5 Å². The molecule has 1 heterocycles. The average molecular weight is 363 g/mol. The highest BCUT2D eigenvalue weighted by molar-refractivity contribution is 8.14. The Morgan fingerprint density at radius 3 is 2.39 bits per heavy atom. The van der Waals surface area contributed by atoms with Gasteiger partial charge in [0.1, 0.15) is 0 Å². The lowest BCUT2D eigenvalue weighted by molar-refractivity contribution is -0.136. The molecule has 1 fully saturated rings. The number of amides is 2. The number of carbonyl (C=O) groups excluding carboxylic acids is 3. The maximum atomic E-state index is 11.9. The van der Waals surface area contributed by atoms with Crippen LogP contribution in [-0.2, 0) is 18.8 Å². The quantitative estimate of drug-likeness (QED) is 0.551. The summed E-state index contributed by atoms with van der Waals surface area (Å²) in [5, 5.41) is 1.99. The number of carbonyl (C=O) groups is 3. The minimum atomic E-state index is -2.00. The lowest BCUT2D eigenvalue weighted by Crippen LogP contribution is -2.62. The second kappa shape index (κ2) is 7.23. The third-order valence-corrected chi connectivity index (χ3v) is 9.92. The van der Waals surface area contributed by atoms with E-state index < -0.39 is 26.9 Å². The Hall–Kier alpha value is -1.06. The summed E-state index contributed by atoms with van der Waals surface area (Å²) in [6.07, 6.45) is -1.28. The summed E-state index contributed by atoms with van der Waals surface area (Å²) in [6, 6.07) is 0. The topological polar surface area (TPSA) is 108 Å². The molecule has 3 atom stereocenters. The Kier molecular flexibility index (Phi) is 6.28. The largest absolute Gasteiger partial charge is 0.441 e. The molecule has 0 aromatic carbocycles. The lowest BCUT2D eigenvalue weighted by Gasteiger charge is -2.44. The van der Waals surface area contributed by atoms with Gasteiger partial charge in [-0.3, -0.25) is 9.59 Å². The van der Waals surface area contributed by atoms with E-state index in [1.807, 2.05) is 6.92 Å². The van der Waals surface area contributed by atoms with E-state index in [1.54, 1.807) is 0 Å². The molecule has 2 amide bonds. The number of nitrogens with one attached hydrogen (secondary N) is 1. The first-order valence-corrected chi connectivity index (χ1v) is 11.2. The van der Waals surface area contributed by atoms with Gasteiger partial charge >= 0.3 is 6.09 Å². The van der Waals surface area contributed by atoms with Gasteiger partial charge < -0.3 is 20.2 Å². The van der Waals surface area contributed by atoms with Gasteiger partial charge in [0, 0.05) is 0 Å². The molecule has 132 valence electrons. The van der Waals surface area contributed by atoms with E-state index in [0.717, 1.165) is 11.8 Å². The molecule has 0 aromatic rings. The zero-order valence-electron chi connectivity index (χ0n) is 14.5. The van der Waals surface area contributed by atoms with Crippen molar-refractivity contribution in [1.29, 1.82) is 0 Å². The first-order valence-electron chi connectivity index (χ1n) is 7.45. The molecule has 0 saturated carbocycles. The van der Waals surface area contributed by atoms with Crippen LogP contribution < -0.4 is 11.1 Å². The van der Waals surface area contributed by atoms with Crippen molar-refractivity contribution in [2.75, 3.05) is 6.61 Å². The average Bonchev–Trinajstić information content (AvgIpc) is 2.33. The Labute approximate surface area is 142 Å². The van der Waals surface area contributed by atoms with Crippen molar-refractivity contribution in [3.8, 4) is 0 Å². The van der Waals surface area contributed by atoms with Crippen molar-refractivity contribution in [3.63, 3.8) is 0 Å². The van der Waals surface area contributed by atoms with Crippen LogP contribution in [0.4, 0.5) is 4.79 Å². The standard InChI is InChI=1S/C14H26N2O5SSi/c1-8(21-23(5,6)14(2,3)4)10-11(18)16-12(10)22-9(17)7-20-13(15)19/h8,10,12H,7H2,1-6H3,(H2,15,19)(H,16,18)/t8-,10+,12-/m1/s1. The second-order valence-electron chi connectivity index (χ2n) is 7.14. The maximum Gasteiger partial charge on any atom is 0.404 e. The van der Waals surface area contributed by atoms with E-state index in [0.29, 0.717) is 0 Å². The van der Waals surface area contributed by atoms with E-state index in [9.17, 15) is 14.4 Å². The number of nitrogens with two attached hydrogens (primary N) is 1. The molecule has 7 nitrogen and oxygen atoms in total. The number of ether oxygens (including phenoxy) is 1. The smallest absolute Gasteiger partial charge is 0.404 e. The molecular formula is C14H26N2O5SSi. The normalized spacial score (nSPS) is 22.8. The van der Waals surface area contributed by atoms with Crippen molar-refractivity contribution in [2.24, 2.45) is 11.7 Å². The van der Waals surface area contributed by atoms with Crippen LogP contribution in [0.25, 0.3) is 0 Å². The minimum Gasteiger partial charge on any atom is -0.441 e. The Bertz CT molecular complexity index is 492. The third kappa shape index (κ3) is 5.22. The van der Waals surface area contributed by atoms with E-state index in [4.69, 9.17) is 10.2 Å². The molecular weight excluding hydrogens is 336 g/mol. The van der Waals surface area contributed by atoms with Crippen LogP contribution in [0, 0.1) is 5.92 Å². The number of rotatable bonds is 6. The third-order valence-electron chi connectivity index (χ3n) is 4.30. The first kappa shape index (κ1) is 20.0. The molecule has 1 aliphatic rings. The summed E-state index contributed by atoms with van der Waals surface area (Å²) in [5.74, 6) is -0.524. The summed E-state index contributed by atoms with van der Waals surface area (Å²) in [6.45, 7) is 12.1. The fourth-order valence-corrected chi connectivity index (χ4v) is 4.46. The molecule has 9 heteroatoms. The highest BCUT2D eigenvalue weighted by Crippen LogP contribution is 2.40. The first-order chi connectivity index (χ1) is 10.3. The number of hydrogen-bond donors (Lipinski definition) is 2. The molecule has 1 aliphatic heterocycles. The van der Waals surface area contributed by atoms with Gasteiger partial charge in [-0.15, -0.1) is 0 Å². The molecule has 1 saturated heterocycles. The zero-order chi connectivity index (χ0) is 18.0. The second-order valence-corrected chi connectivity index (χ2v) is 13.1. The molecule has 0 unspecified atom stereocenters. The van der Waals surface area contributed by atoms with Crippen LogP contribution in [-0.4, -0.2) is 43.5 Å². The predicted molar refractivity (Wildman–Crippen MR) is 91.3 cm³/mol. The number of thioether (sulfide) groups is 1. The van der Waals surface area contributed by atoms with Crippen molar-refractivity contribution >= 4 is 37.2 Å². The molecule has 0 spiro atoms. The summed E-state index contributed by atoms with van der Waals surface area (Å²) < 4.78 is 10.7. The van der Waals surface area contributed by atoms with Crippen LogP contribution in [0.15, 0.2) is 0 Å². The summed E-state index contributed by atoms with van der Waals surface area (Å²) in [4.78, 5) is 34.1. The van der Waals surface area contributed by atoms with E-state index >= 15 is 0 Å². The van der Waals surface area contributed by atoms with E-state index in [2.05, 4.69) is 43.9 Å². The molecule has 3 N–H and O–H groups in total. The summed E-state index contributed by atoms with van der Waals surface area (Å²) in [7, 11) is -2.00. The summed E-state index contributed by atoms with van der Waals surface area (Å²) >= 11 is 0.934. The lowest BCUT2D eigenvalue weighted by atomic mass is 9.96. The monoisotopic (exact) mass is 362 g/mol. The molecule has 0 aromatic heterocycles. The van der Waals surface area contributed by atoms with Gasteiger partial charge in [0.05, 0.1) is 17.4 Å². The van der Waals surface area contributed by atoms with E-state index in [-0.39, 0.29) is 27.5 Å². The van der Waals surface area contributed by atoms with Crippen LogP contribution in [0.1, 0.15) is 27.7 Å². The summed E-state index contributed by atoms with van der Waals surface area (Å²) in [5.41, 5.74) is 4.82. The van der Waals surface area contributed by atoms with Gasteiger partial charge in [-0.25, -0.2) is 4.79 Å². The molecule has 0 radical (unpaired) electrons. The van der Waals surface area contributed by atoms with Gasteiger partial charge in [-0.2, -0.15) is 0 Å². The van der Waals surface area contributed by atoms with E-state index in [1.165, 1.54) is 0 Å². The van der Waals surface area contributed by atoms with Crippen molar-refractivity contribution in [3.05, 3.63) is 0 Å². The van der Waals surface area contributed by atoms with Crippen LogP contribution in [0.5, 0.6) is 0 Å². The highest BCUT2D eigenvalue weighted by atomic mass is 32.2. The molecule has 0 bridgehead atoms. The van der Waals surface area contributed by atoms with Crippen molar-refractivity contribution in [1.82, 2.24) is 5.32 Å². The highest BCUT2D eigenvalue weighted by Gasteiger charge is 2.48. The van der Waals surface area contributed by atoms with Gasteiger partial charge in [0.25, 0.3) is 0 Å². The van der Waals surface area contributed by atoms with Crippen LogP contribution in [0.3, 0.4) is 0 Å². The Morgan fingerprint density at radius 2 is 1.96 bits per heavy atom. The van der Waals surface area contributed by atoms with Gasteiger partial charge in [-0.05, 0) is 25.1 Å². The van der Waals surface area contributed by atoms with Gasteiger partial charge in [-0.1, -0.05) is 32.5 Å². The van der Waals surface area contributed by atoms with Crippen LogP contribution in [0.2, 0.25) is 18.1 Å². The maximum absolute atomic E-state index is 11.9. The number of β-lactam (4-membered cyclic amide) rings is 1. The molecule has 23 heavy (non-hydrogen) atoms. The van der Waals surface area contributed by atoms with Gasteiger partial charge in [0.15, 0.2) is 14.9 Å².